The molecule has 1 N–H and O–H groups in total. The van der Waals surface area contributed by atoms with Crippen LogP contribution >= 0.6 is 11.8 Å². The molecule has 0 unspecified atom stereocenters. The minimum absolute atomic E-state index is 0.253. The van der Waals surface area contributed by atoms with Crippen LogP contribution in [0.4, 0.5) is 4.39 Å². The topological polar surface area (TPSA) is 55.1 Å². The van der Waals surface area contributed by atoms with Gasteiger partial charge in [0.1, 0.15) is 11.4 Å². The second kappa shape index (κ2) is 6.56. The van der Waals surface area contributed by atoms with Crippen LogP contribution in [0.1, 0.15) is 16.1 Å². The SMILES string of the molecule is CSCCNC(=O)c1c(C)noc1-c1cccc(F)c1. The van der Waals surface area contributed by atoms with E-state index in [0.717, 1.165) is 5.75 Å². The summed E-state index contributed by atoms with van der Waals surface area (Å²) < 4.78 is 18.5. The van der Waals surface area contributed by atoms with E-state index in [2.05, 4.69) is 10.5 Å². The summed E-state index contributed by atoms with van der Waals surface area (Å²) >= 11 is 1.64. The largest absolute Gasteiger partial charge is 0.355 e. The summed E-state index contributed by atoms with van der Waals surface area (Å²) in [7, 11) is 0. The van der Waals surface area contributed by atoms with E-state index in [1.165, 1.54) is 12.1 Å². The van der Waals surface area contributed by atoms with Crippen LogP contribution in [-0.4, -0.2) is 29.6 Å². The zero-order valence-electron chi connectivity index (χ0n) is 11.3. The van der Waals surface area contributed by atoms with Gasteiger partial charge in [0.15, 0.2) is 5.76 Å². The molecule has 106 valence electrons. The lowest BCUT2D eigenvalue weighted by molar-refractivity contribution is 0.0956. The van der Waals surface area contributed by atoms with Gasteiger partial charge < -0.3 is 9.84 Å². The van der Waals surface area contributed by atoms with Gasteiger partial charge in [-0.05, 0) is 25.3 Å². The molecular weight excluding hydrogens is 279 g/mol. The summed E-state index contributed by atoms with van der Waals surface area (Å²) in [5.41, 5.74) is 1.35. The molecule has 0 aliphatic carbocycles. The molecular formula is C14H15FN2O2S. The van der Waals surface area contributed by atoms with Gasteiger partial charge in [-0.3, -0.25) is 4.79 Å². The van der Waals surface area contributed by atoms with Gasteiger partial charge in [-0.25, -0.2) is 4.39 Å². The van der Waals surface area contributed by atoms with Crippen molar-refractivity contribution >= 4 is 17.7 Å². The van der Waals surface area contributed by atoms with Crippen molar-refractivity contribution in [2.24, 2.45) is 0 Å². The van der Waals surface area contributed by atoms with Crippen molar-refractivity contribution in [1.29, 1.82) is 0 Å². The number of nitrogens with zero attached hydrogens (tertiary/aromatic N) is 1. The number of amides is 1. The number of hydrogen-bond donors (Lipinski definition) is 1. The Morgan fingerprint density at radius 2 is 2.30 bits per heavy atom. The second-order valence-corrected chi connectivity index (χ2v) is 5.22. The number of thioether (sulfide) groups is 1. The van der Waals surface area contributed by atoms with E-state index in [9.17, 15) is 9.18 Å². The van der Waals surface area contributed by atoms with Crippen LogP contribution in [0.2, 0.25) is 0 Å². The van der Waals surface area contributed by atoms with Crippen LogP contribution < -0.4 is 5.32 Å². The fourth-order valence-electron chi connectivity index (χ4n) is 1.82. The molecule has 0 aliphatic heterocycles. The fourth-order valence-corrected chi connectivity index (χ4v) is 2.13. The van der Waals surface area contributed by atoms with Gasteiger partial charge in [-0.15, -0.1) is 0 Å². The number of aryl methyl sites for hydroxylation is 1. The number of carbonyl (C=O) groups excluding carboxylic acids is 1. The Balaban J connectivity index is 2.30. The van der Waals surface area contributed by atoms with Crippen molar-refractivity contribution in [3.8, 4) is 11.3 Å². The molecule has 2 rings (SSSR count). The Morgan fingerprint density at radius 1 is 1.50 bits per heavy atom. The van der Waals surface area contributed by atoms with Gasteiger partial charge in [0.05, 0.1) is 5.69 Å². The number of carbonyl (C=O) groups is 1. The third kappa shape index (κ3) is 3.19. The summed E-state index contributed by atoms with van der Waals surface area (Å²) in [6.07, 6.45) is 1.97. The first-order valence-corrected chi connectivity index (χ1v) is 7.52. The van der Waals surface area contributed by atoms with Gasteiger partial charge >= 0.3 is 0 Å². The van der Waals surface area contributed by atoms with E-state index in [1.54, 1.807) is 30.8 Å². The highest BCUT2D eigenvalue weighted by molar-refractivity contribution is 7.98. The lowest BCUT2D eigenvalue weighted by Gasteiger charge is -2.04. The van der Waals surface area contributed by atoms with E-state index in [4.69, 9.17) is 4.52 Å². The number of aromatic nitrogens is 1. The normalized spacial score (nSPS) is 10.6. The van der Waals surface area contributed by atoms with E-state index >= 15 is 0 Å². The molecule has 1 aromatic carbocycles. The minimum Gasteiger partial charge on any atom is -0.355 e. The number of rotatable bonds is 5. The zero-order valence-corrected chi connectivity index (χ0v) is 12.1. The molecule has 2 aromatic rings. The average Bonchev–Trinajstić information content (AvgIpc) is 2.81. The van der Waals surface area contributed by atoms with Crippen LogP contribution in [0.3, 0.4) is 0 Å². The summed E-state index contributed by atoms with van der Waals surface area (Å²) in [6, 6.07) is 5.91. The molecule has 0 radical (unpaired) electrons. The predicted molar refractivity (Wildman–Crippen MR) is 77.3 cm³/mol. The monoisotopic (exact) mass is 294 g/mol. The predicted octanol–water partition coefficient (Wildman–Crippen LogP) is 2.88. The Labute approximate surface area is 120 Å². The van der Waals surface area contributed by atoms with Crippen LogP contribution in [0.5, 0.6) is 0 Å². The van der Waals surface area contributed by atoms with Gasteiger partial charge in [0.2, 0.25) is 0 Å². The third-order valence-electron chi connectivity index (χ3n) is 2.77. The highest BCUT2D eigenvalue weighted by Gasteiger charge is 2.21. The summed E-state index contributed by atoms with van der Waals surface area (Å²) in [5, 5.41) is 6.61. The lowest BCUT2D eigenvalue weighted by atomic mass is 10.1. The summed E-state index contributed by atoms with van der Waals surface area (Å²) in [5.74, 6) is 0.483. The smallest absolute Gasteiger partial charge is 0.257 e. The van der Waals surface area contributed by atoms with Gasteiger partial charge in [0, 0.05) is 17.9 Å². The first-order chi connectivity index (χ1) is 9.63. The van der Waals surface area contributed by atoms with Crippen molar-refractivity contribution in [2.45, 2.75) is 6.92 Å². The van der Waals surface area contributed by atoms with Crippen molar-refractivity contribution < 1.29 is 13.7 Å². The molecule has 0 fully saturated rings. The van der Waals surface area contributed by atoms with E-state index in [1.807, 2.05) is 6.26 Å². The van der Waals surface area contributed by atoms with E-state index in [-0.39, 0.29) is 11.7 Å². The van der Waals surface area contributed by atoms with Crippen LogP contribution in [0.15, 0.2) is 28.8 Å². The molecule has 0 saturated carbocycles. The average molecular weight is 294 g/mol. The molecule has 1 aromatic heterocycles. The molecule has 0 saturated heterocycles. The zero-order chi connectivity index (χ0) is 14.5. The van der Waals surface area contributed by atoms with Gasteiger partial charge in [0.25, 0.3) is 5.91 Å². The van der Waals surface area contributed by atoms with Gasteiger partial charge in [-0.1, -0.05) is 17.3 Å². The van der Waals surface area contributed by atoms with Crippen LogP contribution in [0, 0.1) is 12.7 Å². The highest BCUT2D eigenvalue weighted by atomic mass is 32.2. The molecule has 1 heterocycles. The summed E-state index contributed by atoms with van der Waals surface area (Å²) in [6.45, 7) is 2.25. The van der Waals surface area contributed by atoms with Crippen molar-refractivity contribution in [2.75, 3.05) is 18.6 Å². The lowest BCUT2D eigenvalue weighted by Crippen LogP contribution is -2.26. The maximum atomic E-state index is 13.3. The number of halogens is 1. The fraction of sp³-hybridized carbons (Fsp3) is 0.286. The number of nitrogens with one attached hydrogen (secondary N) is 1. The quantitative estimate of drug-likeness (QED) is 0.862. The second-order valence-electron chi connectivity index (χ2n) is 4.23. The molecule has 0 atom stereocenters. The molecule has 0 bridgehead atoms. The Hall–Kier alpha value is -1.82. The minimum atomic E-state index is -0.384. The first-order valence-electron chi connectivity index (χ1n) is 6.13. The number of hydrogen-bond acceptors (Lipinski definition) is 4. The number of benzene rings is 1. The maximum Gasteiger partial charge on any atom is 0.257 e. The van der Waals surface area contributed by atoms with E-state index in [0.29, 0.717) is 29.1 Å². The van der Waals surface area contributed by atoms with Crippen molar-refractivity contribution in [1.82, 2.24) is 10.5 Å². The molecule has 0 aliphatic rings. The first kappa shape index (κ1) is 14.6. The Kier molecular flexibility index (Phi) is 4.79. The molecule has 6 heteroatoms. The van der Waals surface area contributed by atoms with Crippen molar-refractivity contribution in [3.63, 3.8) is 0 Å². The van der Waals surface area contributed by atoms with Crippen LogP contribution in [0.25, 0.3) is 11.3 Å². The molecule has 0 spiro atoms. The Bertz CT molecular complexity index is 613. The molecule has 1 amide bonds. The molecule has 20 heavy (non-hydrogen) atoms. The van der Waals surface area contributed by atoms with Gasteiger partial charge in [-0.2, -0.15) is 11.8 Å². The summed E-state index contributed by atoms with van der Waals surface area (Å²) in [4.78, 5) is 12.2. The standard InChI is InChI=1S/C14H15FN2O2S/c1-9-12(14(18)16-6-7-20-2)13(19-17-9)10-4-3-5-11(15)8-10/h3-5,8H,6-7H2,1-2H3,(H,16,18). The van der Waals surface area contributed by atoms with Crippen LogP contribution in [-0.2, 0) is 0 Å². The maximum absolute atomic E-state index is 13.3. The highest BCUT2D eigenvalue weighted by Crippen LogP contribution is 2.26. The van der Waals surface area contributed by atoms with Crippen molar-refractivity contribution in [3.05, 3.63) is 41.3 Å². The van der Waals surface area contributed by atoms with E-state index < -0.39 is 0 Å². The third-order valence-corrected chi connectivity index (χ3v) is 3.38. The Morgan fingerprint density at radius 3 is 3.00 bits per heavy atom. The molecule has 4 nitrogen and oxygen atoms in total.